The maximum absolute atomic E-state index is 11.9. The van der Waals surface area contributed by atoms with E-state index in [9.17, 15) is 4.79 Å². The van der Waals surface area contributed by atoms with Crippen LogP contribution in [0.1, 0.15) is 5.56 Å². The van der Waals surface area contributed by atoms with Gasteiger partial charge in [0.1, 0.15) is 0 Å². The Hall–Kier alpha value is -3.40. The normalized spacial score (nSPS) is 11.8. The molecule has 0 aliphatic heterocycles. The molecule has 25 heavy (non-hydrogen) atoms. The number of tetrazole rings is 1. The zero-order valence-electron chi connectivity index (χ0n) is 12.8. The van der Waals surface area contributed by atoms with Gasteiger partial charge in [-0.1, -0.05) is 23.3 Å². The van der Waals surface area contributed by atoms with Crippen LogP contribution < -0.4 is 10.1 Å². The van der Waals surface area contributed by atoms with Gasteiger partial charge in [-0.2, -0.15) is 4.37 Å². The molecule has 1 aromatic carbocycles. The minimum Gasteiger partial charge on any atom is -0.293 e. The molecule has 2 N–H and O–H groups in total. The van der Waals surface area contributed by atoms with E-state index >= 15 is 0 Å². The number of aromatic amines is 1. The Morgan fingerprint density at radius 2 is 2.12 bits per heavy atom. The van der Waals surface area contributed by atoms with Crippen molar-refractivity contribution in [3.8, 4) is 0 Å². The smallest absolute Gasteiger partial charge is 0.246 e. The molecule has 9 nitrogen and oxygen atoms in total. The third-order valence-corrected chi connectivity index (χ3v) is 4.12. The number of amides is 1. The summed E-state index contributed by atoms with van der Waals surface area (Å²) in [4.78, 5) is 17.3. The van der Waals surface area contributed by atoms with Crippen molar-refractivity contribution in [2.45, 2.75) is 6.42 Å². The molecule has 0 aliphatic carbocycles. The summed E-state index contributed by atoms with van der Waals surface area (Å²) in [7, 11) is 0. The monoisotopic (exact) mass is 352 g/mol. The average molecular weight is 352 g/mol. The Labute approximate surface area is 145 Å². The van der Waals surface area contributed by atoms with Crippen molar-refractivity contribution in [2.75, 3.05) is 5.32 Å². The van der Waals surface area contributed by atoms with Crippen LogP contribution in [0.3, 0.4) is 0 Å². The molecule has 0 spiro atoms. The SMILES string of the molecule is O=C(Cc1ccc(/N=c2\snc3ccccn23)cc1)Nc1nnn[nH]1. The molecule has 3 heterocycles. The first-order valence-electron chi connectivity index (χ1n) is 7.38. The van der Waals surface area contributed by atoms with Gasteiger partial charge in [0.15, 0.2) is 5.65 Å². The number of rotatable bonds is 4. The summed E-state index contributed by atoms with van der Waals surface area (Å²) in [6.07, 6.45) is 2.15. The van der Waals surface area contributed by atoms with Crippen molar-refractivity contribution < 1.29 is 4.79 Å². The van der Waals surface area contributed by atoms with Gasteiger partial charge < -0.3 is 0 Å². The number of pyridine rings is 1. The summed E-state index contributed by atoms with van der Waals surface area (Å²) in [6.45, 7) is 0. The number of benzene rings is 1. The highest BCUT2D eigenvalue weighted by Crippen LogP contribution is 2.13. The lowest BCUT2D eigenvalue weighted by molar-refractivity contribution is -0.115. The Bertz CT molecular complexity index is 1060. The summed E-state index contributed by atoms with van der Waals surface area (Å²) in [5.41, 5.74) is 2.53. The number of nitrogens with one attached hydrogen (secondary N) is 2. The average Bonchev–Trinajstić information content (AvgIpc) is 3.27. The molecule has 0 aliphatic rings. The topological polar surface area (TPSA) is 113 Å². The minimum absolute atomic E-state index is 0.202. The van der Waals surface area contributed by atoms with Crippen molar-refractivity contribution in [2.24, 2.45) is 4.99 Å². The minimum atomic E-state index is -0.202. The summed E-state index contributed by atoms with van der Waals surface area (Å²) < 4.78 is 6.27. The third kappa shape index (κ3) is 3.43. The van der Waals surface area contributed by atoms with Crippen LogP contribution in [-0.4, -0.2) is 35.3 Å². The van der Waals surface area contributed by atoms with Crippen molar-refractivity contribution in [3.63, 3.8) is 0 Å². The number of fused-ring (bicyclic) bond motifs is 1. The molecule has 0 saturated carbocycles. The van der Waals surface area contributed by atoms with Crippen LogP contribution in [0, 0.1) is 0 Å². The second-order valence-corrected chi connectivity index (χ2v) is 5.88. The molecular formula is C15H12N8OS. The number of aromatic nitrogens is 6. The Morgan fingerprint density at radius 1 is 1.24 bits per heavy atom. The number of nitrogens with zero attached hydrogens (tertiary/aromatic N) is 6. The number of hydrogen-bond acceptors (Lipinski definition) is 7. The van der Waals surface area contributed by atoms with Crippen LogP contribution in [0.5, 0.6) is 0 Å². The van der Waals surface area contributed by atoms with Crippen LogP contribution in [0.25, 0.3) is 5.65 Å². The molecule has 0 bridgehead atoms. The first-order chi connectivity index (χ1) is 12.3. The van der Waals surface area contributed by atoms with Gasteiger partial charge >= 0.3 is 0 Å². The molecule has 4 aromatic rings. The summed E-state index contributed by atoms with van der Waals surface area (Å²) in [5, 5.41) is 15.5. The van der Waals surface area contributed by atoms with Gasteiger partial charge in [-0.05, 0) is 40.3 Å². The molecule has 10 heteroatoms. The highest BCUT2D eigenvalue weighted by Gasteiger charge is 2.06. The number of hydrogen-bond donors (Lipinski definition) is 2. The summed E-state index contributed by atoms with van der Waals surface area (Å²) >= 11 is 1.33. The van der Waals surface area contributed by atoms with Crippen LogP contribution in [0.15, 0.2) is 53.7 Å². The standard InChI is InChI=1S/C15H12N8OS/c24-13(17-14-18-21-22-19-14)9-10-4-6-11(7-5-10)16-15-23-8-2-1-3-12(23)20-25-15/h1-8H,9H2,(H2,17,18,19,21,22,24)/b16-15-. The van der Waals surface area contributed by atoms with Gasteiger partial charge in [-0.3, -0.25) is 14.5 Å². The fourth-order valence-electron chi connectivity index (χ4n) is 2.25. The van der Waals surface area contributed by atoms with E-state index in [1.165, 1.54) is 11.5 Å². The number of H-pyrrole nitrogens is 1. The van der Waals surface area contributed by atoms with Gasteiger partial charge in [0.2, 0.25) is 16.7 Å². The van der Waals surface area contributed by atoms with Gasteiger partial charge in [0.25, 0.3) is 0 Å². The van der Waals surface area contributed by atoms with E-state index in [0.29, 0.717) is 0 Å². The zero-order valence-corrected chi connectivity index (χ0v) is 13.6. The molecule has 1 amide bonds. The van der Waals surface area contributed by atoms with E-state index < -0.39 is 0 Å². The van der Waals surface area contributed by atoms with Crippen LogP contribution in [0.2, 0.25) is 0 Å². The molecule has 0 fully saturated rings. The molecule has 0 radical (unpaired) electrons. The quantitative estimate of drug-likeness (QED) is 0.575. The molecule has 0 atom stereocenters. The fraction of sp³-hybridized carbons (Fsp3) is 0.0667. The van der Waals surface area contributed by atoms with Crippen LogP contribution >= 0.6 is 11.5 Å². The van der Waals surface area contributed by atoms with Crippen molar-refractivity contribution >= 4 is 34.7 Å². The van der Waals surface area contributed by atoms with Gasteiger partial charge in [0.05, 0.1) is 12.1 Å². The number of anilines is 1. The largest absolute Gasteiger partial charge is 0.293 e. The van der Waals surface area contributed by atoms with Gasteiger partial charge in [-0.25, -0.2) is 10.1 Å². The Kier molecular flexibility index (Phi) is 4.01. The van der Waals surface area contributed by atoms with Gasteiger partial charge in [-0.15, -0.1) is 0 Å². The lowest BCUT2D eigenvalue weighted by Gasteiger charge is -2.02. The molecular weight excluding hydrogens is 340 g/mol. The Morgan fingerprint density at radius 3 is 2.92 bits per heavy atom. The maximum atomic E-state index is 11.9. The second kappa shape index (κ2) is 6.61. The molecule has 0 saturated heterocycles. The highest BCUT2D eigenvalue weighted by molar-refractivity contribution is 7.03. The van der Waals surface area contributed by atoms with Crippen LogP contribution in [0.4, 0.5) is 11.6 Å². The summed E-state index contributed by atoms with van der Waals surface area (Å²) in [6, 6.07) is 13.3. The third-order valence-electron chi connectivity index (χ3n) is 3.39. The fourth-order valence-corrected chi connectivity index (χ4v) is 2.96. The zero-order chi connectivity index (χ0) is 17.1. The first-order valence-corrected chi connectivity index (χ1v) is 8.15. The van der Waals surface area contributed by atoms with E-state index in [4.69, 9.17) is 0 Å². The summed E-state index contributed by atoms with van der Waals surface area (Å²) in [5.74, 6) is 0.0259. The van der Waals surface area contributed by atoms with E-state index in [1.54, 1.807) is 0 Å². The molecule has 4 rings (SSSR count). The lowest BCUT2D eigenvalue weighted by atomic mass is 10.1. The van der Waals surface area contributed by atoms with Gasteiger partial charge in [0, 0.05) is 17.7 Å². The molecule has 124 valence electrons. The number of carbonyl (C=O) groups is 1. The van der Waals surface area contributed by atoms with E-state index in [0.717, 1.165) is 21.7 Å². The second-order valence-electron chi connectivity index (χ2n) is 5.15. The molecule has 3 aromatic heterocycles. The first kappa shape index (κ1) is 15.1. The van der Waals surface area contributed by atoms with E-state index in [2.05, 4.69) is 35.3 Å². The van der Waals surface area contributed by atoms with Crippen LogP contribution in [-0.2, 0) is 11.2 Å². The van der Waals surface area contributed by atoms with E-state index in [1.807, 2.05) is 53.1 Å². The highest BCUT2D eigenvalue weighted by atomic mass is 32.1. The lowest BCUT2D eigenvalue weighted by Crippen LogP contribution is -2.15. The number of carbonyl (C=O) groups excluding carboxylic acids is 1. The molecule has 0 unspecified atom stereocenters. The van der Waals surface area contributed by atoms with E-state index in [-0.39, 0.29) is 18.3 Å². The van der Waals surface area contributed by atoms with Crippen molar-refractivity contribution in [1.29, 1.82) is 0 Å². The maximum Gasteiger partial charge on any atom is 0.246 e. The van der Waals surface area contributed by atoms with Crippen molar-refractivity contribution in [1.82, 2.24) is 29.4 Å². The Balaban J connectivity index is 1.50. The predicted octanol–water partition coefficient (Wildman–Crippen LogP) is 1.32. The predicted molar refractivity (Wildman–Crippen MR) is 91.2 cm³/mol. The van der Waals surface area contributed by atoms with Crippen molar-refractivity contribution in [3.05, 3.63) is 59.0 Å².